The van der Waals surface area contributed by atoms with Crippen molar-refractivity contribution in [2.75, 3.05) is 11.9 Å². The van der Waals surface area contributed by atoms with Gasteiger partial charge in [0.05, 0.1) is 5.69 Å². The number of aromatic amines is 1. The van der Waals surface area contributed by atoms with Crippen molar-refractivity contribution in [3.8, 4) is 0 Å². The highest BCUT2D eigenvalue weighted by molar-refractivity contribution is 5.90. The third kappa shape index (κ3) is 3.13. The highest BCUT2D eigenvalue weighted by Gasteiger charge is 2.22. The average Bonchev–Trinajstić information content (AvgIpc) is 2.90. The summed E-state index contributed by atoms with van der Waals surface area (Å²) in [6.07, 6.45) is 1.39. The molecule has 0 unspecified atom stereocenters. The molecule has 1 aromatic heterocycles. The van der Waals surface area contributed by atoms with Gasteiger partial charge in [0.2, 0.25) is 5.91 Å². The van der Waals surface area contributed by atoms with Gasteiger partial charge in [0.1, 0.15) is 0 Å². The summed E-state index contributed by atoms with van der Waals surface area (Å²) in [5, 5.41) is 10.2. The molecule has 1 aliphatic heterocycles. The zero-order chi connectivity index (χ0) is 14.7. The summed E-state index contributed by atoms with van der Waals surface area (Å²) in [7, 11) is 0. The van der Waals surface area contributed by atoms with Crippen molar-refractivity contribution in [1.82, 2.24) is 15.1 Å². The predicted molar refractivity (Wildman–Crippen MR) is 81.8 cm³/mol. The molecule has 110 valence electrons. The number of hydrogen-bond donors (Lipinski definition) is 2. The van der Waals surface area contributed by atoms with Crippen LogP contribution in [-0.4, -0.2) is 27.5 Å². The molecular formula is C16H20N4O. The van der Waals surface area contributed by atoms with Gasteiger partial charge in [-0.1, -0.05) is 37.3 Å². The summed E-state index contributed by atoms with van der Waals surface area (Å²) in [4.78, 5) is 13.9. The van der Waals surface area contributed by atoms with E-state index in [1.54, 1.807) is 0 Å². The Morgan fingerprint density at radius 3 is 2.95 bits per heavy atom. The topological polar surface area (TPSA) is 61.0 Å². The van der Waals surface area contributed by atoms with Gasteiger partial charge < -0.3 is 5.32 Å². The van der Waals surface area contributed by atoms with Crippen molar-refractivity contribution in [3.05, 3.63) is 47.2 Å². The molecule has 1 amide bonds. The number of benzene rings is 1. The number of carbonyl (C=O) groups is 1. The minimum Gasteiger partial charge on any atom is -0.309 e. The van der Waals surface area contributed by atoms with Crippen LogP contribution in [0.4, 0.5) is 5.82 Å². The molecule has 0 spiro atoms. The van der Waals surface area contributed by atoms with Crippen LogP contribution in [0.1, 0.15) is 30.2 Å². The van der Waals surface area contributed by atoms with E-state index in [2.05, 4.69) is 44.7 Å². The fourth-order valence-corrected chi connectivity index (χ4v) is 2.67. The second-order valence-electron chi connectivity index (χ2n) is 5.38. The molecule has 2 heterocycles. The smallest absolute Gasteiger partial charge is 0.225 e. The second-order valence-corrected chi connectivity index (χ2v) is 5.38. The molecule has 0 saturated heterocycles. The van der Waals surface area contributed by atoms with E-state index in [1.165, 1.54) is 5.56 Å². The molecule has 2 aromatic rings. The first kappa shape index (κ1) is 13.8. The average molecular weight is 284 g/mol. The Hall–Kier alpha value is -2.14. The number of fused-ring (bicyclic) bond motifs is 1. The van der Waals surface area contributed by atoms with E-state index in [0.717, 1.165) is 37.3 Å². The number of carbonyl (C=O) groups excluding carboxylic acids is 1. The highest BCUT2D eigenvalue weighted by Crippen LogP contribution is 2.24. The van der Waals surface area contributed by atoms with Crippen LogP contribution in [0.3, 0.4) is 0 Å². The summed E-state index contributed by atoms with van der Waals surface area (Å²) < 4.78 is 0. The van der Waals surface area contributed by atoms with Crippen molar-refractivity contribution in [1.29, 1.82) is 0 Å². The summed E-state index contributed by atoms with van der Waals surface area (Å²) in [5.74, 6) is 0.715. The van der Waals surface area contributed by atoms with Crippen molar-refractivity contribution in [3.63, 3.8) is 0 Å². The Morgan fingerprint density at radius 2 is 2.19 bits per heavy atom. The van der Waals surface area contributed by atoms with Gasteiger partial charge in [-0.05, 0) is 12.0 Å². The largest absolute Gasteiger partial charge is 0.309 e. The number of rotatable bonds is 4. The van der Waals surface area contributed by atoms with E-state index in [-0.39, 0.29) is 5.91 Å². The van der Waals surface area contributed by atoms with Gasteiger partial charge in [0.25, 0.3) is 0 Å². The van der Waals surface area contributed by atoms with Crippen LogP contribution in [0.25, 0.3) is 0 Å². The van der Waals surface area contributed by atoms with E-state index < -0.39 is 0 Å². The molecule has 5 nitrogen and oxygen atoms in total. The molecule has 0 aliphatic carbocycles. The predicted octanol–water partition coefficient (Wildman–Crippen LogP) is 2.32. The molecular weight excluding hydrogens is 264 g/mol. The maximum absolute atomic E-state index is 11.5. The Bertz CT molecular complexity index is 620. The number of amides is 1. The Labute approximate surface area is 124 Å². The fourth-order valence-electron chi connectivity index (χ4n) is 2.67. The number of nitrogens with zero attached hydrogens (tertiary/aromatic N) is 2. The van der Waals surface area contributed by atoms with Crippen LogP contribution in [0.15, 0.2) is 30.3 Å². The normalized spacial score (nSPS) is 14.7. The Balaban J connectivity index is 1.68. The monoisotopic (exact) mass is 284 g/mol. The van der Waals surface area contributed by atoms with Crippen molar-refractivity contribution in [2.24, 2.45) is 0 Å². The van der Waals surface area contributed by atoms with E-state index in [4.69, 9.17) is 0 Å². The number of anilines is 1. The lowest BCUT2D eigenvalue weighted by atomic mass is 10.1. The van der Waals surface area contributed by atoms with Gasteiger partial charge in [0.15, 0.2) is 5.82 Å². The molecule has 2 N–H and O–H groups in total. The van der Waals surface area contributed by atoms with E-state index in [0.29, 0.717) is 12.2 Å². The summed E-state index contributed by atoms with van der Waals surface area (Å²) >= 11 is 0. The number of H-pyrrole nitrogens is 1. The number of hydrogen-bond acceptors (Lipinski definition) is 3. The van der Waals surface area contributed by atoms with Crippen molar-refractivity contribution in [2.45, 2.75) is 32.9 Å². The van der Waals surface area contributed by atoms with E-state index >= 15 is 0 Å². The van der Waals surface area contributed by atoms with Crippen LogP contribution >= 0.6 is 0 Å². The van der Waals surface area contributed by atoms with E-state index in [9.17, 15) is 4.79 Å². The third-order valence-electron chi connectivity index (χ3n) is 3.84. The minimum absolute atomic E-state index is 0.0102. The standard InChI is InChI=1S/C16H20N4O/c1-2-15(21)17-16-13-8-9-20(11-14(13)18-19-16)10-12-6-4-3-5-7-12/h3-7H,2,8-11H2,1H3,(H2,17,18,19,21). The minimum atomic E-state index is 0.0102. The molecule has 0 bridgehead atoms. The SMILES string of the molecule is CCC(=O)Nc1n[nH]c2c1CCN(Cc1ccccc1)C2. The first-order valence-electron chi connectivity index (χ1n) is 7.38. The van der Waals surface area contributed by atoms with Gasteiger partial charge in [-0.25, -0.2) is 0 Å². The van der Waals surface area contributed by atoms with Gasteiger partial charge in [-0.15, -0.1) is 0 Å². The number of aromatic nitrogens is 2. The summed E-state index contributed by atoms with van der Waals surface area (Å²) in [6.45, 7) is 4.61. The van der Waals surface area contributed by atoms with Gasteiger partial charge >= 0.3 is 0 Å². The van der Waals surface area contributed by atoms with Crippen LogP contribution in [-0.2, 0) is 24.3 Å². The van der Waals surface area contributed by atoms with Crippen LogP contribution < -0.4 is 5.32 Å². The summed E-state index contributed by atoms with van der Waals surface area (Å²) in [5.41, 5.74) is 3.59. The maximum Gasteiger partial charge on any atom is 0.225 e. The molecule has 0 atom stereocenters. The Morgan fingerprint density at radius 1 is 1.38 bits per heavy atom. The first-order chi connectivity index (χ1) is 10.3. The molecule has 1 aliphatic rings. The highest BCUT2D eigenvalue weighted by atomic mass is 16.1. The molecule has 21 heavy (non-hydrogen) atoms. The second kappa shape index (κ2) is 6.10. The molecule has 0 radical (unpaired) electrons. The molecule has 5 heteroatoms. The first-order valence-corrected chi connectivity index (χ1v) is 7.38. The van der Waals surface area contributed by atoms with Gasteiger partial charge in [0, 0.05) is 31.6 Å². The number of nitrogens with one attached hydrogen (secondary N) is 2. The van der Waals surface area contributed by atoms with Crippen LogP contribution in [0.2, 0.25) is 0 Å². The molecule has 0 saturated carbocycles. The quantitative estimate of drug-likeness (QED) is 0.905. The van der Waals surface area contributed by atoms with Crippen LogP contribution in [0.5, 0.6) is 0 Å². The Kier molecular flexibility index (Phi) is 4.01. The lowest BCUT2D eigenvalue weighted by Crippen LogP contribution is -2.30. The van der Waals surface area contributed by atoms with E-state index in [1.807, 2.05) is 13.0 Å². The summed E-state index contributed by atoms with van der Waals surface area (Å²) in [6, 6.07) is 10.5. The van der Waals surface area contributed by atoms with Gasteiger partial charge in [-0.3, -0.25) is 14.8 Å². The van der Waals surface area contributed by atoms with Gasteiger partial charge in [-0.2, -0.15) is 5.10 Å². The lowest BCUT2D eigenvalue weighted by molar-refractivity contribution is -0.115. The third-order valence-corrected chi connectivity index (χ3v) is 3.84. The molecule has 3 rings (SSSR count). The zero-order valence-corrected chi connectivity index (χ0v) is 12.2. The van der Waals surface area contributed by atoms with Crippen molar-refractivity contribution >= 4 is 11.7 Å². The zero-order valence-electron chi connectivity index (χ0n) is 12.2. The fraction of sp³-hybridized carbons (Fsp3) is 0.375. The van der Waals surface area contributed by atoms with Crippen molar-refractivity contribution < 1.29 is 4.79 Å². The van der Waals surface area contributed by atoms with Crippen LogP contribution in [0, 0.1) is 0 Å². The molecule has 1 aromatic carbocycles. The lowest BCUT2D eigenvalue weighted by Gasteiger charge is -2.26. The maximum atomic E-state index is 11.5. The molecule has 0 fully saturated rings.